The molecular weight excluding hydrogens is 252 g/mol. The van der Waals surface area contributed by atoms with Crippen molar-refractivity contribution < 1.29 is 4.79 Å². The number of hydrogen-bond donors (Lipinski definition) is 1. The van der Waals surface area contributed by atoms with Crippen LogP contribution in [0.4, 0.5) is 0 Å². The normalized spacial score (nSPS) is 17.2. The summed E-state index contributed by atoms with van der Waals surface area (Å²) >= 11 is 0. The number of nitrogens with one attached hydrogen (secondary N) is 1. The summed E-state index contributed by atoms with van der Waals surface area (Å²) in [5.41, 5.74) is 1.18. The lowest BCUT2D eigenvalue weighted by Crippen LogP contribution is -2.38. The van der Waals surface area contributed by atoms with E-state index in [1.807, 2.05) is 28.9 Å². The van der Waals surface area contributed by atoms with E-state index in [2.05, 4.69) is 17.3 Å². The topological polar surface area (TPSA) is 50.2 Å². The molecule has 2 heterocycles. The first-order valence-electron chi connectivity index (χ1n) is 7.65. The van der Waals surface area contributed by atoms with Gasteiger partial charge in [-0.3, -0.25) is 9.48 Å². The van der Waals surface area contributed by atoms with Gasteiger partial charge in [0.25, 0.3) is 0 Å². The van der Waals surface area contributed by atoms with Crippen molar-refractivity contribution in [1.29, 1.82) is 0 Å². The quantitative estimate of drug-likeness (QED) is 0.859. The lowest BCUT2D eigenvalue weighted by atomic mass is 10.1. The number of likely N-dealkylation sites (tertiary alicyclic amines) is 1. The van der Waals surface area contributed by atoms with Crippen LogP contribution in [0.1, 0.15) is 38.2 Å². The van der Waals surface area contributed by atoms with Crippen molar-refractivity contribution in [1.82, 2.24) is 20.0 Å². The maximum absolute atomic E-state index is 12.0. The molecule has 1 aliphatic heterocycles. The third-order valence-electron chi connectivity index (χ3n) is 3.76. The predicted octanol–water partition coefficient (Wildman–Crippen LogP) is 1.57. The number of nitrogens with zero attached hydrogens (tertiary/aromatic N) is 3. The molecular formula is C15H26N4O. The minimum atomic E-state index is 0.291. The van der Waals surface area contributed by atoms with Crippen LogP contribution in [0.2, 0.25) is 0 Å². The molecule has 5 nitrogen and oxygen atoms in total. The summed E-state index contributed by atoms with van der Waals surface area (Å²) in [6.07, 6.45) is 8.09. The molecule has 1 unspecified atom stereocenters. The Bertz CT molecular complexity index is 423. The van der Waals surface area contributed by atoms with E-state index in [0.717, 1.165) is 39.0 Å². The molecule has 0 bridgehead atoms. The summed E-state index contributed by atoms with van der Waals surface area (Å²) in [5.74, 6) is 0.291. The van der Waals surface area contributed by atoms with Crippen molar-refractivity contribution >= 4 is 5.91 Å². The van der Waals surface area contributed by atoms with Gasteiger partial charge in [0.15, 0.2) is 0 Å². The molecule has 0 saturated carbocycles. The van der Waals surface area contributed by atoms with Crippen molar-refractivity contribution in [3.8, 4) is 0 Å². The molecule has 1 N–H and O–H groups in total. The monoisotopic (exact) mass is 278 g/mol. The Morgan fingerprint density at radius 1 is 1.40 bits per heavy atom. The first-order valence-corrected chi connectivity index (χ1v) is 7.65. The van der Waals surface area contributed by atoms with Crippen LogP contribution >= 0.6 is 0 Å². The van der Waals surface area contributed by atoms with Gasteiger partial charge in [0, 0.05) is 38.3 Å². The van der Waals surface area contributed by atoms with E-state index in [1.54, 1.807) is 0 Å². The number of amides is 1. The van der Waals surface area contributed by atoms with Crippen molar-refractivity contribution in [3.63, 3.8) is 0 Å². The van der Waals surface area contributed by atoms with Gasteiger partial charge in [-0.2, -0.15) is 5.10 Å². The molecule has 112 valence electrons. The molecule has 1 aromatic heterocycles. The smallest absolute Gasteiger partial charge is 0.223 e. The van der Waals surface area contributed by atoms with E-state index in [4.69, 9.17) is 0 Å². The molecule has 0 aromatic carbocycles. The first kappa shape index (κ1) is 15.0. The zero-order valence-corrected chi connectivity index (χ0v) is 12.6. The fraction of sp³-hybridized carbons (Fsp3) is 0.733. The second-order valence-corrected chi connectivity index (χ2v) is 5.79. The maximum atomic E-state index is 12.0. The Kier molecular flexibility index (Phi) is 5.59. The lowest BCUT2D eigenvalue weighted by Gasteiger charge is -2.27. The number of carbonyl (C=O) groups excluding carboxylic acids is 1. The van der Waals surface area contributed by atoms with Gasteiger partial charge in [0.2, 0.25) is 5.91 Å². The van der Waals surface area contributed by atoms with Gasteiger partial charge in [0.1, 0.15) is 0 Å². The van der Waals surface area contributed by atoms with E-state index in [1.165, 1.54) is 12.0 Å². The van der Waals surface area contributed by atoms with Crippen LogP contribution in [0, 0.1) is 6.92 Å². The highest BCUT2D eigenvalue weighted by molar-refractivity contribution is 5.76. The van der Waals surface area contributed by atoms with Gasteiger partial charge < -0.3 is 10.2 Å². The second kappa shape index (κ2) is 7.43. The van der Waals surface area contributed by atoms with Crippen LogP contribution in [0.25, 0.3) is 0 Å². The highest BCUT2D eigenvalue weighted by atomic mass is 16.2. The van der Waals surface area contributed by atoms with E-state index < -0.39 is 0 Å². The standard InChI is InChI=1S/C15H26N4O/c1-13-10-17-19(11-13)12-14(2)16-7-6-15(20)18-8-4-3-5-9-18/h10-11,14,16H,3-9,12H2,1-2H3. The number of carbonyl (C=O) groups is 1. The van der Waals surface area contributed by atoms with E-state index in [9.17, 15) is 4.79 Å². The maximum Gasteiger partial charge on any atom is 0.223 e. The number of rotatable bonds is 6. The van der Waals surface area contributed by atoms with Gasteiger partial charge in [-0.25, -0.2) is 0 Å². The molecule has 1 fully saturated rings. The summed E-state index contributed by atoms with van der Waals surface area (Å²) in [5, 5.41) is 7.68. The third kappa shape index (κ3) is 4.63. The average Bonchev–Trinajstić information content (AvgIpc) is 2.85. The Balaban J connectivity index is 1.63. The van der Waals surface area contributed by atoms with Crippen LogP contribution in [-0.4, -0.2) is 46.3 Å². The van der Waals surface area contributed by atoms with E-state index in [0.29, 0.717) is 18.4 Å². The average molecular weight is 278 g/mol. The number of hydrogen-bond acceptors (Lipinski definition) is 3. The highest BCUT2D eigenvalue weighted by Gasteiger charge is 2.16. The molecule has 1 atom stereocenters. The van der Waals surface area contributed by atoms with Crippen molar-refractivity contribution in [2.75, 3.05) is 19.6 Å². The molecule has 1 amide bonds. The Hall–Kier alpha value is -1.36. The summed E-state index contributed by atoms with van der Waals surface area (Å²) in [7, 11) is 0. The SMILES string of the molecule is Cc1cnn(CC(C)NCCC(=O)N2CCCCC2)c1. The highest BCUT2D eigenvalue weighted by Crippen LogP contribution is 2.09. The Morgan fingerprint density at radius 3 is 2.80 bits per heavy atom. The van der Waals surface area contributed by atoms with E-state index in [-0.39, 0.29) is 0 Å². The van der Waals surface area contributed by atoms with Crippen LogP contribution in [0.3, 0.4) is 0 Å². The number of aromatic nitrogens is 2. The van der Waals surface area contributed by atoms with Gasteiger partial charge in [-0.05, 0) is 38.7 Å². The zero-order chi connectivity index (χ0) is 14.4. The molecule has 0 aliphatic carbocycles. The zero-order valence-electron chi connectivity index (χ0n) is 12.6. The van der Waals surface area contributed by atoms with Crippen LogP contribution < -0.4 is 5.32 Å². The fourth-order valence-electron chi connectivity index (χ4n) is 2.64. The summed E-state index contributed by atoms with van der Waals surface area (Å²) < 4.78 is 1.94. The lowest BCUT2D eigenvalue weighted by molar-refractivity contribution is -0.132. The van der Waals surface area contributed by atoms with Crippen molar-refractivity contribution in [3.05, 3.63) is 18.0 Å². The Labute approximate surface area is 121 Å². The molecule has 2 rings (SSSR count). The first-order chi connectivity index (χ1) is 9.65. The molecule has 0 spiro atoms. The van der Waals surface area contributed by atoms with Crippen molar-refractivity contribution in [2.24, 2.45) is 0 Å². The molecule has 0 radical (unpaired) electrons. The van der Waals surface area contributed by atoms with Crippen LogP contribution in [0.15, 0.2) is 12.4 Å². The third-order valence-corrected chi connectivity index (χ3v) is 3.76. The minimum absolute atomic E-state index is 0.291. The van der Waals surface area contributed by atoms with Crippen LogP contribution in [-0.2, 0) is 11.3 Å². The number of aryl methyl sites for hydroxylation is 1. The Morgan fingerprint density at radius 2 is 2.15 bits per heavy atom. The van der Waals surface area contributed by atoms with Gasteiger partial charge in [-0.15, -0.1) is 0 Å². The molecule has 1 saturated heterocycles. The molecule has 1 aromatic rings. The van der Waals surface area contributed by atoms with Gasteiger partial charge in [-0.1, -0.05) is 0 Å². The summed E-state index contributed by atoms with van der Waals surface area (Å²) in [6.45, 7) is 7.64. The summed E-state index contributed by atoms with van der Waals surface area (Å²) in [6, 6.07) is 0.323. The largest absolute Gasteiger partial charge is 0.343 e. The minimum Gasteiger partial charge on any atom is -0.343 e. The number of piperidine rings is 1. The molecule has 1 aliphatic rings. The van der Waals surface area contributed by atoms with Gasteiger partial charge in [0.05, 0.1) is 12.7 Å². The fourth-order valence-corrected chi connectivity index (χ4v) is 2.64. The predicted molar refractivity (Wildman–Crippen MR) is 79.5 cm³/mol. The second-order valence-electron chi connectivity index (χ2n) is 5.79. The van der Waals surface area contributed by atoms with Crippen molar-refractivity contribution in [2.45, 2.75) is 52.1 Å². The van der Waals surface area contributed by atoms with Crippen LogP contribution in [0.5, 0.6) is 0 Å². The van der Waals surface area contributed by atoms with Gasteiger partial charge >= 0.3 is 0 Å². The van der Waals surface area contributed by atoms with E-state index >= 15 is 0 Å². The molecule has 20 heavy (non-hydrogen) atoms. The summed E-state index contributed by atoms with van der Waals surface area (Å²) in [4.78, 5) is 14.0. The molecule has 5 heteroatoms.